The lowest BCUT2D eigenvalue weighted by molar-refractivity contribution is -0.137. The van der Waals surface area contributed by atoms with Crippen LogP contribution in [0.25, 0.3) is 0 Å². The van der Waals surface area contributed by atoms with Crippen LogP contribution in [-0.4, -0.2) is 33.1 Å². The van der Waals surface area contributed by atoms with E-state index < -0.39 is 16.0 Å². The standard InChI is InChI=1S/C11H13BrClNO5S/c1-19-11-8(12)5-7(13)6-9(11)20(17,18)14-4-2-3-10(15)16/h5-6,14H,2-4H2,1H3,(H,15,16). The minimum Gasteiger partial charge on any atom is -0.494 e. The fourth-order valence-electron chi connectivity index (χ4n) is 1.46. The number of sulfonamides is 1. The third-order valence-electron chi connectivity index (χ3n) is 2.33. The van der Waals surface area contributed by atoms with E-state index in [0.29, 0.717) is 4.47 Å². The molecule has 1 rings (SSSR count). The van der Waals surface area contributed by atoms with E-state index in [9.17, 15) is 13.2 Å². The normalized spacial score (nSPS) is 11.3. The molecule has 1 aromatic carbocycles. The summed E-state index contributed by atoms with van der Waals surface area (Å²) in [6, 6.07) is 2.79. The molecule has 0 unspecified atom stereocenters. The molecule has 20 heavy (non-hydrogen) atoms. The lowest BCUT2D eigenvalue weighted by atomic mass is 10.3. The highest BCUT2D eigenvalue weighted by Gasteiger charge is 2.22. The van der Waals surface area contributed by atoms with E-state index in [1.165, 1.54) is 19.2 Å². The van der Waals surface area contributed by atoms with Gasteiger partial charge in [0.1, 0.15) is 4.90 Å². The molecule has 0 atom stereocenters. The van der Waals surface area contributed by atoms with Gasteiger partial charge in [0.2, 0.25) is 10.0 Å². The van der Waals surface area contributed by atoms with E-state index in [0.717, 1.165) is 0 Å². The third-order valence-corrected chi connectivity index (χ3v) is 4.60. The molecule has 0 saturated carbocycles. The van der Waals surface area contributed by atoms with E-state index in [4.69, 9.17) is 21.4 Å². The average Bonchev–Trinajstić information content (AvgIpc) is 2.33. The highest BCUT2D eigenvalue weighted by atomic mass is 79.9. The monoisotopic (exact) mass is 385 g/mol. The van der Waals surface area contributed by atoms with Crippen LogP contribution in [-0.2, 0) is 14.8 Å². The van der Waals surface area contributed by atoms with Crippen LogP contribution < -0.4 is 9.46 Å². The molecule has 0 aromatic heterocycles. The van der Waals surface area contributed by atoms with E-state index >= 15 is 0 Å². The number of hydrogen-bond acceptors (Lipinski definition) is 4. The Morgan fingerprint density at radius 2 is 2.15 bits per heavy atom. The van der Waals surface area contributed by atoms with Crippen molar-refractivity contribution < 1.29 is 23.1 Å². The van der Waals surface area contributed by atoms with Gasteiger partial charge in [-0.1, -0.05) is 11.6 Å². The molecule has 0 heterocycles. The van der Waals surface area contributed by atoms with Crippen molar-refractivity contribution in [3.05, 3.63) is 21.6 Å². The molecule has 6 nitrogen and oxygen atoms in total. The Bertz CT molecular complexity index is 605. The van der Waals surface area contributed by atoms with Crippen molar-refractivity contribution in [1.29, 1.82) is 0 Å². The maximum absolute atomic E-state index is 12.1. The van der Waals surface area contributed by atoms with Crippen LogP contribution in [0.15, 0.2) is 21.5 Å². The molecule has 0 saturated heterocycles. The number of ether oxygens (including phenoxy) is 1. The fourth-order valence-corrected chi connectivity index (χ4v) is 3.91. The summed E-state index contributed by atoms with van der Waals surface area (Å²) in [5.41, 5.74) is 0. The molecule has 0 aliphatic heterocycles. The minimum atomic E-state index is -3.83. The number of carbonyl (C=O) groups is 1. The van der Waals surface area contributed by atoms with Crippen LogP contribution in [0.1, 0.15) is 12.8 Å². The van der Waals surface area contributed by atoms with Gasteiger partial charge in [-0.05, 0) is 34.5 Å². The average molecular weight is 387 g/mol. The third kappa shape index (κ3) is 4.62. The van der Waals surface area contributed by atoms with Crippen molar-refractivity contribution >= 4 is 43.5 Å². The fraction of sp³-hybridized carbons (Fsp3) is 0.364. The van der Waals surface area contributed by atoms with Gasteiger partial charge in [-0.25, -0.2) is 13.1 Å². The largest absolute Gasteiger partial charge is 0.494 e. The van der Waals surface area contributed by atoms with Gasteiger partial charge in [0.25, 0.3) is 0 Å². The number of nitrogens with one attached hydrogen (secondary N) is 1. The smallest absolute Gasteiger partial charge is 0.303 e. The zero-order chi connectivity index (χ0) is 15.3. The molecule has 0 fully saturated rings. The van der Waals surface area contributed by atoms with Crippen LogP contribution in [0.5, 0.6) is 5.75 Å². The van der Waals surface area contributed by atoms with Gasteiger partial charge in [0.15, 0.2) is 5.75 Å². The first-order valence-electron chi connectivity index (χ1n) is 5.52. The van der Waals surface area contributed by atoms with Crippen molar-refractivity contribution in [2.45, 2.75) is 17.7 Å². The predicted molar refractivity (Wildman–Crippen MR) is 77.8 cm³/mol. The maximum atomic E-state index is 12.1. The SMILES string of the molecule is COc1c(Br)cc(Cl)cc1S(=O)(=O)NCCCC(=O)O. The van der Waals surface area contributed by atoms with E-state index in [1.54, 1.807) is 0 Å². The van der Waals surface area contributed by atoms with Crippen LogP contribution in [0.2, 0.25) is 5.02 Å². The number of rotatable bonds is 7. The summed E-state index contributed by atoms with van der Waals surface area (Å²) in [7, 11) is -2.48. The number of carboxylic acids is 1. The summed E-state index contributed by atoms with van der Waals surface area (Å²) in [6.45, 7) is 0.0158. The minimum absolute atomic E-state index is 0.0158. The Morgan fingerprint density at radius 3 is 2.70 bits per heavy atom. The summed E-state index contributed by atoms with van der Waals surface area (Å²) < 4.78 is 32.1. The van der Waals surface area contributed by atoms with Crippen molar-refractivity contribution in [2.24, 2.45) is 0 Å². The molecular weight excluding hydrogens is 374 g/mol. The van der Waals surface area contributed by atoms with E-state index in [2.05, 4.69) is 20.7 Å². The molecule has 0 aliphatic carbocycles. The Balaban J connectivity index is 2.95. The van der Waals surface area contributed by atoms with Crippen molar-refractivity contribution in [3.8, 4) is 5.75 Å². The van der Waals surface area contributed by atoms with Gasteiger partial charge in [0.05, 0.1) is 11.6 Å². The predicted octanol–water partition coefficient (Wildman–Crippen LogP) is 2.25. The van der Waals surface area contributed by atoms with E-state index in [1.807, 2.05) is 0 Å². The summed E-state index contributed by atoms with van der Waals surface area (Å²) in [5.74, 6) is -0.840. The lowest BCUT2D eigenvalue weighted by Crippen LogP contribution is -2.25. The lowest BCUT2D eigenvalue weighted by Gasteiger charge is -2.12. The molecule has 0 amide bonds. The first-order chi connectivity index (χ1) is 9.27. The topological polar surface area (TPSA) is 92.7 Å². The molecule has 0 spiro atoms. The van der Waals surface area contributed by atoms with Gasteiger partial charge >= 0.3 is 5.97 Å². The van der Waals surface area contributed by atoms with Crippen LogP contribution in [0.3, 0.4) is 0 Å². The molecule has 9 heteroatoms. The second-order valence-electron chi connectivity index (χ2n) is 3.81. The quantitative estimate of drug-likeness (QED) is 0.701. The first kappa shape index (κ1) is 17.2. The number of benzene rings is 1. The molecule has 2 N–H and O–H groups in total. The highest BCUT2D eigenvalue weighted by molar-refractivity contribution is 9.10. The highest BCUT2D eigenvalue weighted by Crippen LogP contribution is 2.35. The molecule has 112 valence electrons. The second-order valence-corrected chi connectivity index (χ2v) is 6.84. The number of aliphatic carboxylic acids is 1. The van der Waals surface area contributed by atoms with Gasteiger partial charge in [-0.3, -0.25) is 4.79 Å². The number of carboxylic acid groups (broad SMARTS) is 1. The Labute approximate surface area is 130 Å². The van der Waals surface area contributed by atoms with Crippen LogP contribution in [0.4, 0.5) is 0 Å². The first-order valence-corrected chi connectivity index (χ1v) is 8.18. The number of methoxy groups -OCH3 is 1. The van der Waals surface area contributed by atoms with Crippen LogP contribution >= 0.6 is 27.5 Å². The van der Waals surface area contributed by atoms with Gasteiger partial charge in [-0.2, -0.15) is 0 Å². The number of halogens is 2. The zero-order valence-electron chi connectivity index (χ0n) is 10.5. The molecule has 1 aromatic rings. The molecular formula is C11H13BrClNO5S. The summed E-state index contributed by atoms with van der Waals surface area (Å²) in [5, 5.41) is 8.73. The van der Waals surface area contributed by atoms with Gasteiger partial charge in [-0.15, -0.1) is 0 Å². The maximum Gasteiger partial charge on any atom is 0.303 e. The Kier molecular flexibility index (Phi) is 6.25. The van der Waals surface area contributed by atoms with Crippen molar-refractivity contribution in [2.75, 3.05) is 13.7 Å². The van der Waals surface area contributed by atoms with E-state index in [-0.39, 0.29) is 35.1 Å². The summed E-state index contributed by atoms with van der Waals surface area (Å²) in [4.78, 5) is 10.3. The van der Waals surface area contributed by atoms with Crippen molar-refractivity contribution in [3.63, 3.8) is 0 Å². The number of hydrogen-bond donors (Lipinski definition) is 2. The zero-order valence-corrected chi connectivity index (χ0v) is 13.7. The molecule has 0 aliphatic rings. The molecule has 0 bridgehead atoms. The summed E-state index contributed by atoms with van der Waals surface area (Å²) >= 11 is 9.00. The van der Waals surface area contributed by atoms with Crippen LogP contribution in [0, 0.1) is 0 Å². The van der Waals surface area contributed by atoms with Gasteiger partial charge in [0, 0.05) is 18.0 Å². The Morgan fingerprint density at radius 1 is 1.50 bits per heavy atom. The van der Waals surface area contributed by atoms with Crippen molar-refractivity contribution in [1.82, 2.24) is 4.72 Å². The Hall–Kier alpha value is -0.830. The summed E-state index contributed by atoms with van der Waals surface area (Å²) in [6.07, 6.45) is 0.0809. The molecule has 0 radical (unpaired) electrons. The van der Waals surface area contributed by atoms with Gasteiger partial charge < -0.3 is 9.84 Å². The second kappa shape index (κ2) is 7.26.